The molecular weight excluding hydrogens is 345 g/mol. The van der Waals surface area contributed by atoms with E-state index < -0.39 is 10.0 Å². The summed E-state index contributed by atoms with van der Waals surface area (Å²) in [6.45, 7) is 0. The van der Waals surface area contributed by atoms with Crippen molar-refractivity contribution in [3.63, 3.8) is 0 Å². The van der Waals surface area contributed by atoms with Crippen molar-refractivity contribution in [2.45, 2.75) is 46.8 Å². The van der Waals surface area contributed by atoms with Gasteiger partial charge < -0.3 is 0 Å². The van der Waals surface area contributed by atoms with Crippen LogP contribution < -0.4 is 4.72 Å². The molecular formula is C18H20FNO2S2. The van der Waals surface area contributed by atoms with E-state index in [2.05, 4.69) is 4.72 Å². The second-order valence-corrected chi connectivity index (χ2v) is 8.96. The average molecular weight is 365 g/mol. The maximum absolute atomic E-state index is 13.1. The van der Waals surface area contributed by atoms with Crippen molar-refractivity contribution in [3.05, 3.63) is 60.4 Å². The van der Waals surface area contributed by atoms with E-state index in [4.69, 9.17) is 0 Å². The highest BCUT2D eigenvalue weighted by Gasteiger charge is 2.30. The summed E-state index contributed by atoms with van der Waals surface area (Å²) < 4.78 is 41.1. The number of rotatable bonds is 5. The maximum Gasteiger partial charge on any atom is 0.240 e. The molecule has 0 aromatic heterocycles. The van der Waals surface area contributed by atoms with Crippen LogP contribution in [-0.2, 0) is 10.0 Å². The topological polar surface area (TPSA) is 46.2 Å². The van der Waals surface area contributed by atoms with Crippen LogP contribution >= 0.6 is 11.8 Å². The van der Waals surface area contributed by atoms with Gasteiger partial charge in [-0.05, 0) is 49.2 Å². The molecule has 1 saturated carbocycles. The van der Waals surface area contributed by atoms with Crippen LogP contribution in [0.15, 0.2) is 64.4 Å². The van der Waals surface area contributed by atoms with E-state index in [1.165, 1.54) is 12.1 Å². The van der Waals surface area contributed by atoms with Gasteiger partial charge in [0.2, 0.25) is 10.0 Å². The number of benzene rings is 2. The summed E-state index contributed by atoms with van der Waals surface area (Å²) in [6, 6.07) is 14.7. The maximum atomic E-state index is 13.1. The van der Waals surface area contributed by atoms with Crippen molar-refractivity contribution in [1.29, 1.82) is 0 Å². The van der Waals surface area contributed by atoms with Crippen LogP contribution in [0.25, 0.3) is 0 Å². The van der Waals surface area contributed by atoms with Gasteiger partial charge in [-0.2, -0.15) is 0 Å². The van der Waals surface area contributed by atoms with E-state index in [9.17, 15) is 12.8 Å². The largest absolute Gasteiger partial charge is 0.240 e. The predicted octanol–water partition coefficient (Wildman–Crippen LogP) is 4.21. The molecule has 3 nitrogen and oxygen atoms in total. The van der Waals surface area contributed by atoms with Crippen molar-refractivity contribution >= 4 is 21.8 Å². The zero-order valence-corrected chi connectivity index (χ0v) is 14.8. The number of hydrogen-bond donors (Lipinski definition) is 1. The Balaban J connectivity index is 1.74. The molecule has 0 bridgehead atoms. The van der Waals surface area contributed by atoms with Crippen LogP contribution in [0.4, 0.5) is 4.39 Å². The zero-order valence-electron chi connectivity index (χ0n) is 13.2. The van der Waals surface area contributed by atoms with E-state index in [1.807, 2.05) is 0 Å². The van der Waals surface area contributed by atoms with Gasteiger partial charge >= 0.3 is 0 Å². The van der Waals surface area contributed by atoms with Gasteiger partial charge in [0.1, 0.15) is 5.82 Å². The molecule has 2 atom stereocenters. The van der Waals surface area contributed by atoms with Gasteiger partial charge in [0.15, 0.2) is 0 Å². The molecule has 0 aliphatic heterocycles. The lowest BCUT2D eigenvalue weighted by atomic mass is 9.96. The first-order valence-electron chi connectivity index (χ1n) is 8.04. The Bertz CT molecular complexity index is 763. The van der Waals surface area contributed by atoms with Crippen molar-refractivity contribution < 1.29 is 12.8 Å². The molecule has 0 amide bonds. The Morgan fingerprint density at radius 3 is 2.33 bits per heavy atom. The van der Waals surface area contributed by atoms with E-state index in [0.29, 0.717) is 4.90 Å². The van der Waals surface area contributed by atoms with Crippen molar-refractivity contribution in [2.24, 2.45) is 0 Å². The molecule has 24 heavy (non-hydrogen) atoms. The number of halogens is 1. The molecule has 1 N–H and O–H groups in total. The first-order valence-corrected chi connectivity index (χ1v) is 10.4. The number of nitrogens with one attached hydrogen (secondary N) is 1. The number of thioether (sulfide) groups is 1. The lowest BCUT2D eigenvalue weighted by Crippen LogP contribution is -2.43. The Morgan fingerprint density at radius 1 is 0.958 bits per heavy atom. The van der Waals surface area contributed by atoms with E-state index in [1.54, 1.807) is 54.2 Å². The first-order chi connectivity index (χ1) is 11.5. The SMILES string of the molecule is O=S(=O)(N[C@@H]1CCCC[C@H]1Sc1ccc(F)cc1)c1ccccc1. The molecule has 1 aliphatic carbocycles. The molecule has 3 rings (SSSR count). The minimum absolute atomic E-state index is 0.112. The summed E-state index contributed by atoms with van der Waals surface area (Å²) in [6.07, 6.45) is 3.87. The molecule has 2 aromatic rings. The Morgan fingerprint density at radius 2 is 1.62 bits per heavy atom. The molecule has 128 valence electrons. The van der Waals surface area contributed by atoms with Gasteiger partial charge in [0.05, 0.1) is 4.90 Å². The normalized spacial score (nSPS) is 21.5. The Hall–Kier alpha value is -1.37. The zero-order chi connectivity index (χ0) is 17.0. The summed E-state index contributed by atoms with van der Waals surface area (Å²) in [5.41, 5.74) is 0. The minimum atomic E-state index is -3.52. The average Bonchev–Trinajstić information content (AvgIpc) is 2.59. The van der Waals surface area contributed by atoms with Gasteiger partial charge in [-0.25, -0.2) is 17.5 Å². The third kappa shape index (κ3) is 4.37. The lowest BCUT2D eigenvalue weighted by molar-refractivity contribution is 0.423. The van der Waals surface area contributed by atoms with Crippen LogP contribution in [-0.4, -0.2) is 19.7 Å². The molecule has 1 fully saturated rings. The highest BCUT2D eigenvalue weighted by Crippen LogP contribution is 2.34. The van der Waals surface area contributed by atoms with Crippen LogP contribution in [0.3, 0.4) is 0 Å². The Labute approximate surface area is 146 Å². The highest BCUT2D eigenvalue weighted by atomic mass is 32.2. The molecule has 0 saturated heterocycles. The van der Waals surface area contributed by atoms with E-state index >= 15 is 0 Å². The minimum Gasteiger partial charge on any atom is -0.207 e. The molecule has 0 spiro atoms. The summed E-state index contributed by atoms with van der Waals surface area (Å²) in [7, 11) is -3.52. The summed E-state index contributed by atoms with van der Waals surface area (Å²) in [4.78, 5) is 1.26. The fraction of sp³-hybridized carbons (Fsp3) is 0.333. The fourth-order valence-corrected chi connectivity index (χ4v) is 5.64. The van der Waals surface area contributed by atoms with Crippen molar-refractivity contribution in [1.82, 2.24) is 4.72 Å². The molecule has 1 aliphatic rings. The highest BCUT2D eigenvalue weighted by molar-refractivity contribution is 8.00. The van der Waals surface area contributed by atoms with Gasteiger partial charge in [0.25, 0.3) is 0 Å². The van der Waals surface area contributed by atoms with Gasteiger partial charge in [-0.1, -0.05) is 31.0 Å². The molecule has 0 radical (unpaired) electrons. The van der Waals surface area contributed by atoms with Gasteiger partial charge in [0, 0.05) is 16.2 Å². The first kappa shape index (κ1) is 17.5. The third-order valence-corrected chi connectivity index (χ3v) is 7.08. The summed E-state index contributed by atoms with van der Waals surface area (Å²) in [5, 5.41) is 0.155. The van der Waals surface area contributed by atoms with Crippen LogP contribution in [0.1, 0.15) is 25.7 Å². The second-order valence-electron chi connectivity index (χ2n) is 5.94. The van der Waals surface area contributed by atoms with Crippen LogP contribution in [0, 0.1) is 5.82 Å². The smallest absolute Gasteiger partial charge is 0.207 e. The molecule has 0 unspecified atom stereocenters. The molecule has 2 aromatic carbocycles. The lowest BCUT2D eigenvalue weighted by Gasteiger charge is -2.31. The van der Waals surface area contributed by atoms with Crippen molar-refractivity contribution in [3.8, 4) is 0 Å². The number of hydrogen-bond acceptors (Lipinski definition) is 3. The number of sulfonamides is 1. The van der Waals surface area contributed by atoms with Crippen LogP contribution in [0.5, 0.6) is 0 Å². The summed E-state index contributed by atoms with van der Waals surface area (Å²) >= 11 is 1.62. The third-order valence-electron chi connectivity index (χ3n) is 4.16. The quantitative estimate of drug-likeness (QED) is 0.863. The van der Waals surface area contributed by atoms with Crippen LogP contribution in [0.2, 0.25) is 0 Å². The van der Waals surface area contributed by atoms with E-state index in [-0.39, 0.29) is 17.1 Å². The summed E-state index contributed by atoms with van der Waals surface area (Å²) in [5.74, 6) is -0.260. The van der Waals surface area contributed by atoms with Gasteiger partial charge in [-0.15, -0.1) is 11.8 Å². The fourth-order valence-electron chi connectivity index (χ4n) is 2.93. The monoisotopic (exact) mass is 365 g/mol. The standard InChI is InChI=1S/C18H20FNO2S2/c19-14-10-12-15(13-11-14)23-18-9-5-4-8-17(18)20-24(21,22)16-6-2-1-3-7-16/h1-3,6-7,10-13,17-18,20H,4-5,8-9H2/t17-,18-/m1/s1. The molecule has 0 heterocycles. The molecule has 6 heteroatoms. The Kier molecular flexibility index (Phi) is 5.58. The van der Waals surface area contributed by atoms with Crippen molar-refractivity contribution in [2.75, 3.05) is 0 Å². The van der Waals surface area contributed by atoms with E-state index in [0.717, 1.165) is 30.6 Å². The second kappa shape index (κ2) is 7.68. The predicted molar refractivity (Wildman–Crippen MR) is 95.1 cm³/mol. The van der Waals surface area contributed by atoms with Gasteiger partial charge in [-0.3, -0.25) is 0 Å².